The third-order valence-corrected chi connectivity index (χ3v) is 3.54. The molecule has 0 aliphatic carbocycles. The number of aromatic nitrogens is 2. The van der Waals surface area contributed by atoms with E-state index in [4.69, 9.17) is 4.74 Å². The van der Waals surface area contributed by atoms with E-state index >= 15 is 0 Å². The summed E-state index contributed by atoms with van der Waals surface area (Å²) < 4.78 is 5.63. The van der Waals surface area contributed by atoms with Crippen molar-refractivity contribution in [1.29, 1.82) is 0 Å². The average molecular weight is 287 g/mol. The van der Waals surface area contributed by atoms with E-state index in [0.717, 1.165) is 15.8 Å². The fourth-order valence-corrected chi connectivity index (χ4v) is 2.52. The monoisotopic (exact) mass is 287 g/mol. The lowest BCUT2D eigenvalue weighted by Crippen LogP contribution is -1.99. The molecule has 100 valence electrons. The summed E-state index contributed by atoms with van der Waals surface area (Å²) >= 11 is 1.51. The Morgan fingerprint density at radius 2 is 2.20 bits per heavy atom. The Morgan fingerprint density at radius 1 is 1.30 bits per heavy atom. The molecule has 0 aliphatic rings. The van der Waals surface area contributed by atoms with Gasteiger partial charge < -0.3 is 4.74 Å². The molecule has 0 atom stereocenters. The van der Waals surface area contributed by atoms with Crippen molar-refractivity contribution in [2.45, 2.75) is 6.61 Å². The van der Waals surface area contributed by atoms with Crippen LogP contribution in [0.2, 0.25) is 0 Å². The maximum atomic E-state index is 10.7. The first-order chi connectivity index (χ1) is 9.74. The van der Waals surface area contributed by atoms with Crippen molar-refractivity contribution in [3.63, 3.8) is 0 Å². The Labute approximate surface area is 117 Å². The number of hydrogen-bond acceptors (Lipinski definition) is 6. The van der Waals surface area contributed by atoms with Gasteiger partial charge in [0.05, 0.1) is 10.3 Å². The standard InChI is InChI=1S/C13H9N3O3S/c17-16(18)10-3-1-2-9(6-10)7-19-12-11-4-5-20-13(11)15-8-14-12/h1-6,8H,7H2. The van der Waals surface area contributed by atoms with Crippen LogP contribution in [0.1, 0.15) is 5.56 Å². The molecule has 2 heterocycles. The van der Waals surface area contributed by atoms with Crippen LogP contribution >= 0.6 is 11.3 Å². The van der Waals surface area contributed by atoms with Crippen molar-refractivity contribution < 1.29 is 9.66 Å². The van der Waals surface area contributed by atoms with E-state index in [1.54, 1.807) is 12.1 Å². The van der Waals surface area contributed by atoms with E-state index in [2.05, 4.69) is 9.97 Å². The van der Waals surface area contributed by atoms with Crippen molar-refractivity contribution >= 4 is 27.2 Å². The molecule has 0 aliphatic heterocycles. The average Bonchev–Trinajstić information content (AvgIpc) is 2.94. The maximum absolute atomic E-state index is 10.7. The molecule has 0 unspecified atom stereocenters. The SMILES string of the molecule is O=[N+]([O-])c1cccc(COc2ncnc3sccc23)c1. The number of hydrogen-bond donors (Lipinski definition) is 0. The normalized spacial score (nSPS) is 10.6. The summed E-state index contributed by atoms with van der Waals surface area (Å²) in [6.07, 6.45) is 1.45. The second-order valence-corrected chi connectivity index (χ2v) is 4.93. The van der Waals surface area contributed by atoms with Gasteiger partial charge in [-0.05, 0) is 17.0 Å². The molecule has 20 heavy (non-hydrogen) atoms. The molecule has 3 rings (SSSR count). The number of nitro benzene ring substituents is 1. The number of nitrogens with zero attached hydrogens (tertiary/aromatic N) is 3. The van der Waals surface area contributed by atoms with Crippen LogP contribution in [0.4, 0.5) is 5.69 Å². The minimum Gasteiger partial charge on any atom is -0.472 e. The van der Waals surface area contributed by atoms with Gasteiger partial charge in [0.15, 0.2) is 0 Å². The fraction of sp³-hybridized carbons (Fsp3) is 0.0769. The van der Waals surface area contributed by atoms with Crippen LogP contribution in [-0.4, -0.2) is 14.9 Å². The molecular formula is C13H9N3O3S. The smallest absolute Gasteiger partial charge is 0.269 e. The number of non-ortho nitro benzene ring substituents is 1. The summed E-state index contributed by atoms with van der Waals surface area (Å²) in [7, 11) is 0. The van der Waals surface area contributed by atoms with E-state index < -0.39 is 4.92 Å². The summed E-state index contributed by atoms with van der Waals surface area (Å²) in [6.45, 7) is 0.226. The highest BCUT2D eigenvalue weighted by molar-refractivity contribution is 7.16. The van der Waals surface area contributed by atoms with E-state index in [1.165, 1.54) is 29.8 Å². The van der Waals surface area contributed by atoms with Crippen LogP contribution < -0.4 is 4.74 Å². The van der Waals surface area contributed by atoms with Crippen LogP contribution in [0.15, 0.2) is 42.0 Å². The first kappa shape index (κ1) is 12.5. The second-order valence-electron chi connectivity index (χ2n) is 4.03. The molecular weight excluding hydrogens is 278 g/mol. The molecule has 0 saturated carbocycles. The topological polar surface area (TPSA) is 78.2 Å². The van der Waals surface area contributed by atoms with Gasteiger partial charge in [0, 0.05) is 12.1 Å². The van der Waals surface area contributed by atoms with Gasteiger partial charge in [-0.2, -0.15) is 0 Å². The zero-order chi connectivity index (χ0) is 13.9. The maximum Gasteiger partial charge on any atom is 0.269 e. The van der Waals surface area contributed by atoms with Gasteiger partial charge in [0.2, 0.25) is 5.88 Å². The van der Waals surface area contributed by atoms with Crippen LogP contribution in [0.3, 0.4) is 0 Å². The zero-order valence-electron chi connectivity index (χ0n) is 10.2. The molecule has 0 amide bonds. The van der Waals surface area contributed by atoms with Crippen molar-refractivity contribution in [2.24, 2.45) is 0 Å². The first-order valence-electron chi connectivity index (χ1n) is 5.78. The Kier molecular flexibility index (Phi) is 3.26. The van der Waals surface area contributed by atoms with Gasteiger partial charge in [0.25, 0.3) is 5.69 Å². The summed E-state index contributed by atoms with van der Waals surface area (Å²) in [6, 6.07) is 8.25. The Hall–Kier alpha value is -2.54. The number of nitro groups is 1. The zero-order valence-corrected chi connectivity index (χ0v) is 11.0. The van der Waals surface area contributed by atoms with Gasteiger partial charge in [-0.3, -0.25) is 10.1 Å². The van der Waals surface area contributed by atoms with Crippen molar-refractivity contribution in [2.75, 3.05) is 0 Å². The molecule has 0 N–H and O–H groups in total. The quantitative estimate of drug-likeness (QED) is 0.544. The lowest BCUT2D eigenvalue weighted by Gasteiger charge is -2.05. The number of thiophene rings is 1. The van der Waals surface area contributed by atoms with Crippen LogP contribution in [0.25, 0.3) is 10.2 Å². The van der Waals surface area contributed by atoms with Crippen molar-refractivity contribution in [1.82, 2.24) is 9.97 Å². The lowest BCUT2D eigenvalue weighted by atomic mass is 10.2. The highest BCUT2D eigenvalue weighted by Crippen LogP contribution is 2.26. The van der Waals surface area contributed by atoms with Crippen molar-refractivity contribution in [3.8, 4) is 5.88 Å². The summed E-state index contributed by atoms with van der Waals surface area (Å²) in [4.78, 5) is 19.4. The number of rotatable bonds is 4. The number of ether oxygens (including phenoxy) is 1. The van der Waals surface area contributed by atoms with E-state index in [0.29, 0.717) is 5.88 Å². The van der Waals surface area contributed by atoms with Crippen LogP contribution in [0.5, 0.6) is 5.88 Å². The van der Waals surface area contributed by atoms with E-state index in [9.17, 15) is 10.1 Å². The van der Waals surface area contributed by atoms with Crippen molar-refractivity contribution in [3.05, 3.63) is 57.7 Å². The summed E-state index contributed by atoms with van der Waals surface area (Å²) in [5.41, 5.74) is 0.774. The second kappa shape index (κ2) is 5.22. The molecule has 0 saturated heterocycles. The third kappa shape index (κ3) is 2.43. The van der Waals surface area contributed by atoms with Gasteiger partial charge >= 0.3 is 0 Å². The number of benzene rings is 1. The Bertz CT molecular complexity index is 772. The number of fused-ring (bicyclic) bond motifs is 1. The minimum atomic E-state index is -0.425. The Morgan fingerprint density at radius 3 is 3.05 bits per heavy atom. The summed E-state index contributed by atoms with van der Waals surface area (Å²) in [5, 5.41) is 13.5. The predicted molar refractivity (Wildman–Crippen MR) is 74.8 cm³/mol. The largest absolute Gasteiger partial charge is 0.472 e. The Balaban J connectivity index is 1.81. The molecule has 0 spiro atoms. The third-order valence-electron chi connectivity index (χ3n) is 2.72. The molecule has 0 radical (unpaired) electrons. The molecule has 0 bridgehead atoms. The van der Waals surface area contributed by atoms with Gasteiger partial charge in [-0.25, -0.2) is 9.97 Å². The van der Waals surface area contributed by atoms with Crippen LogP contribution in [-0.2, 0) is 6.61 Å². The predicted octanol–water partition coefficient (Wildman–Crippen LogP) is 3.18. The van der Waals surface area contributed by atoms with Gasteiger partial charge in [0.1, 0.15) is 17.8 Å². The molecule has 0 fully saturated rings. The van der Waals surface area contributed by atoms with E-state index in [1.807, 2.05) is 11.4 Å². The van der Waals surface area contributed by atoms with Gasteiger partial charge in [-0.15, -0.1) is 11.3 Å². The molecule has 1 aromatic carbocycles. The minimum absolute atomic E-state index is 0.0504. The lowest BCUT2D eigenvalue weighted by molar-refractivity contribution is -0.384. The first-order valence-corrected chi connectivity index (χ1v) is 6.66. The fourth-order valence-electron chi connectivity index (χ4n) is 1.79. The molecule has 7 heteroatoms. The molecule has 6 nitrogen and oxygen atoms in total. The highest BCUT2D eigenvalue weighted by Gasteiger charge is 2.08. The van der Waals surface area contributed by atoms with E-state index in [-0.39, 0.29) is 12.3 Å². The highest BCUT2D eigenvalue weighted by atomic mass is 32.1. The van der Waals surface area contributed by atoms with Crippen LogP contribution in [0, 0.1) is 10.1 Å². The van der Waals surface area contributed by atoms with Gasteiger partial charge in [-0.1, -0.05) is 12.1 Å². The molecule has 2 aromatic heterocycles. The molecule has 3 aromatic rings. The summed E-state index contributed by atoms with van der Waals surface area (Å²) in [5.74, 6) is 0.489.